The molecule has 5 nitrogen and oxygen atoms in total. The Bertz CT molecular complexity index is 294. The Balaban J connectivity index is 1.71. The highest BCUT2D eigenvalue weighted by atomic mass is 16.5. The van der Waals surface area contributed by atoms with Gasteiger partial charge in [-0.2, -0.15) is 0 Å². The molecule has 96 valence electrons. The summed E-state index contributed by atoms with van der Waals surface area (Å²) in [7, 11) is 1.35. The van der Waals surface area contributed by atoms with Crippen LogP contribution in [0.3, 0.4) is 0 Å². The molecule has 1 heterocycles. The van der Waals surface area contributed by atoms with Crippen molar-refractivity contribution in [2.24, 2.45) is 5.92 Å². The van der Waals surface area contributed by atoms with Crippen molar-refractivity contribution in [2.75, 3.05) is 20.2 Å². The van der Waals surface area contributed by atoms with Crippen molar-refractivity contribution in [2.45, 2.75) is 38.1 Å². The fourth-order valence-corrected chi connectivity index (χ4v) is 2.54. The lowest BCUT2D eigenvalue weighted by molar-refractivity contribution is -0.139. The van der Waals surface area contributed by atoms with Gasteiger partial charge in [0.15, 0.2) is 0 Å². The Morgan fingerprint density at radius 3 is 2.41 bits per heavy atom. The number of hydrogen-bond donors (Lipinski definition) is 1. The van der Waals surface area contributed by atoms with Gasteiger partial charge in [-0.05, 0) is 32.1 Å². The second kappa shape index (κ2) is 5.38. The first kappa shape index (κ1) is 12.2. The van der Waals surface area contributed by atoms with Crippen LogP contribution in [0.5, 0.6) is 0 Å². The van der Waals surface area contributed by atoms with E-state index in [9.17, 15) is 9.59 Å². The number of nitrogens with one attached hydrogen (secondary N) is 1. The van der Waals surface area contributed by atoms with Gasteiger partial charge in [-0.15, -0.1) is 0 Å². The van der Waals surface area contributed by atoms with E-state index in [0.717, 1.165) is 38.8 Å². The highest BCUT2D eigenvalue weighted by molar-refractivity contribution is 5.80. The van der Waals surface area contributed by atoms with E-state index >= 15 is 0 Å². The summed E-state index contributed by atoms with van der Waals surface area (Å²) in [5.74, 6) is 0.378. The minimum Gasteiger partial charge on any atom is -0.453 e. The highest BCUT2D eigenvalue weighted by Crippen LogP contribution is 2.30. The Labute approximate surface area is 101 Å². The van der Waals surface area contributed by atoms with Crippen molar-refractivity contribution in [3.63, 3.8) is 0 Å². The molecule has 2 aliphatic rings. The van der Waals surface area contributed by atoms with Gasteiger partial charge in [-0.1, -0.05) is 0 Å². The minimum absolute atomic E-state index is 0.107. The number of alkyl carbamates (subject to hydrolysis) is 1. The van der Waals surface area contributed by atoms with Crippen molar-refractivity contribution in [1.82, 2.24) is 10.2 Å². The summed E-state index contributed by atoms with van der Waals surface area (Å²) in [6, 6.07) is 0.112. The Hall–Kier alpha value is -1.26. The molecule has 1 saturated heterocycles. The molecule has 5 heteroatoms. The maximum atomic E-state index is 12.1. The van der Waals surface area contributed by atoms with Crippen molar-refractivity contribution < 1.29 is 14.3 Å². The van der Waals surface area contributed by atoms with E-state index in [1.54, 1.807) is 0 Å². The van der Waals surface area contributed by atoms with E-state index in [4.69, 9.17) is 0 Å². The topological polar surface area (TPSA) is 58.6 Å². The Kier molecular flexibility index (Phi) is 3.86. The predicted octanol–water partition coefficient (Wildman–Crippen LogP) is 1.13. The van der Waals surface area contributed by atoms with E-state index in [1.807, 2.05) is 4.90 Å². The Morgan fingerprint density at radius 1 is 1.18 bits per heavy atom. The molecule has 0 unspecified atom stereocenters. The molecular weight excluding hydrogens is 220 g/mol. The quantitative estimate of drug-likeness (QED) is 0.787. The van der Waals surface area contributed by atoms with Crippen LogP contribution < -0.4 is 5.32 Å². The molecule has 1 aliphatic carbocycles. The predicted molar refractivity (Wildman–Crippen MR) is 62.5 cm³/mol. The normalized spacial score (nSPS) is 28.2. The molecular formula is C12H20N2O3. The van der Waals surface area contributed by atoms with Gasteiger partial charge >= 0.3 is 6.09 Å². The van der Waals surface area contributed by atoms with Gasteiger partial charge in [-0.3, -0.25) is 4.79 Å². The van der Waals surface area contributed by atoms with Crippen molar-refractivity contribution in [1.29, 1.82) is 0 Å². The molecule has 0 spiro atoms. The summed E-state index contributed by atoms with van der Waals surface area (Å²) in [5.41, 5.74) is 0. The average molecular weight is 240 g/mol. The van der Waals surface area contributed by atoms with Gasteiger partial charge in [0.2, 0.25) is 5.91 Å². The molecule has 1 aliphatic heterocycles. The second-order valence-electron chi connectivity index (χ2n) is 4.89. The molecule has 0 aromatic carbocycles. The minimum atomic E-state index is -0.404. The van der Waals surface area contributed by atoms with E-state index in [2.05, 4.69) is 10.1 Å². The van der Waals surface area contributed by atoms with Crippen LogP contribution in [0.15, 0.2) is 0 Å². The number of ether oxygens (including phenoxy) is 1. The van der Waals surface area contributed by atoms with E-state index < -0.39 is 6.09 Å². The van der Waals surface area contributed by atoms with Crippen LogP contribution >= 0.6 is 0 Å². The molecule has 1 N–H and O–H groups in total. The monoisotopic (exact) mass is 240 g/mol. The van der Waals surface area contributed by atoms with Crippen LogP contribution in [0.4, 0.5) is 4.79 Å². The SMILES string of the molecule is COC(=O)N[C@H]1C[C@@H](C(=O)N2CCCCC2)C1. The summed E-state index contributed by atoms with van der Waals surface area (Å²) in [6.45, 7) is 1.81. The van der Waals surface area contributed by atoms with Gasteiger partial charge in [0.25, 0.3) is 0 Å². The largest absolute Gasteiger partial charge is 0.453 e. The number of carbonyl (C=O) groups excluding carboxylic acids is 2. The van der Waals surface area contributed by atoms with E-state index in [-0.39, 0.29) is 17.9 Å². The number of rotatable bonds is 2. The van der Waals surface area contributed by atoms with Crippen LogP contribution in [0, 0.1) is 5.92 Å². The van der Waals surface area contributed by atoms with Gasteiger partial charge in [0, 0.05) is 25.0 Å². The van der Waals surface area contributed by atoms with Gasteiger partial charge in [0.1, 0.15) is 0 Å². The molecule has 0 aromatic rings. The smallest absolute Gasteiger partial charge is 0.407 e. The summed E-state index contributed by atoms with van der Waals surface area (Å²) < 4.78 is 4.52. The number of carbonyl (C=O) groups is 2. The van der Waals surface area contributed by atoms with Crippen molar-refractivity contribution in [3.05, 3.63) is 0 Å². The zero-order valence-corrected chi connectivity index (χ0v) is 10.3. The van der Waals surface area contributed by atoms with Gasteiger partial charge in [0.05, 0.1) is 7.11 Å². The molecule has 0 bridgehead atoms. The number of amides is 2. The lowest BCUT2D eigenvalue weighted by Gasteiger charge is -2.38. The maximum Gasteiger partial charge on any atom is 0.407 e. The molecule has 17 heavy (non-hydrogen) atoms. The third-order valence-corrected chi connectivity index (χ3v) is 3.66. The fraction of sp³-hybridized carbons (Fsp3) is 0.833. The average Bonchev–Trinajstić information content (AvgIpc) is 2.33. The van der Waals surface area contributed by atoms with E-state index in [0.29, 0.717) is 0 Å². The summed E-state index contributed by atoms with van der Waals surface area (Å²) in [4.78, 5) is 25.0. The second-order valence-corrected chi connectivity index (χ2v) is 4.89. The standard InChI is InChI=1S/C12H20N2O3/c1-17-12(16)13-10-7-9(8-10)11(15)14-5-3-2-4-6-14/h9-10H,2-8H2,1H3,(H,13,16)/t9-,10+. The molecule has 2 fully saturated rings. The first-order valence-electron chi connectivity index (χ1n) is 6.34. The molecule has 0 aromatic heterocycles. The van der Waals surface area contributed by atoms with Gasteiger partial charge in [-0.25, -0.2) is 4.79 Å². The third-order valence-electron chi connectivity index (χ3n) is 3.66. The van der Waals surface area contributed by atoms with Crippen LogP contribution in [0.1, 0.15) is 32.1 Å². The number of likely N-dealkylation sites (tertiary alicyclic amines) is 1. The highest BCUT2D eigenvalue weighted by Gasteiger charge is 2.37. The lowest BCUT2D eigenvalue weighted by Crippen LogP contribution is -2.51. The Morgan fingerprint density at radius 2 is 1.82 bits per heavy atom. The van der Waals surface area contributed by atoms with Crippen LogP contribution in [-0.2, 0) is 9.53 Å². The fourth-order valence-electron chi connectivity index (χ4n) is 2.54. The molecule has 2 rings (SSSR count). The number of nitrogens with zero attached hydrogens (tertiary/aromatic N) is 1. The van der Waals surface area contributed by atoms with Crippen molar-refractivity contribution >= 4 is 12.0 Å². The summed E-state index contributed by atoms with van der Waals surface area (Å²) >= 11 is 0. The van der Waals surface area contributed by atoms with Crippen LogP contribution in [-0.4, -0.2) is 43.1 Å². The molecule has 0 atom stereocenters. The first-order valence-corrected chi connectivity index (χ1v) is 6.34. The molecule has 0 radical (unpaired) electrons. The molecule has 1 saturated carbocycles. The van der Waals surface area contributed by atoms with Crippen molar-refractivity contribution in [3.8, 4) is 0 Å². The zero-order chi connectivity index (χ0) is 12.3. The maximum absolute atomic E-state index is 12.1. The zero-order valence-electron chi connectivity index (χ0n) is 10.3. The molecule has 2 amide bonds. The summed E-state index contributed by atoms with van der Waals surface area (Å²) in [6.07, 6.45) is 4.60. The van der Waals surface area contributed by atoms with Gasteiger partial charge < -0.3 is 15.0 Å². The lowest BCUT2D eigenvalue weighted by atomic mass is 9.79. The first-order chi connectivity index (χ1) is 8.20. The number of piperidine rings is 1. The summed E-state index contributed by atoms with van der Waals surface area (Å²) in [5, 5.41) is 2.72. The third kappa shape index (κ3) is 2.90. The van der Waals surface area contributed by atoms with Crippen LogP contribution in [0.2, 0.25) is 0 Å². The number of methoxy groups -OCH3 is 1. The van der Waals surface area contributed by atoms with Crippen LogP contribution in [0.25, 0.3) is 0 Å². The number of hydrogen-bond acceptors (Lipinski definition) is 3. The van der Waals surface area contributed by atoms with E-state index in [1.165, 1.54) is 13.5 Å².